The van der Waals surface area contributed by atoms with Gasteiger partial charge in [0.1, 0.15) is 5.60 Å². The van der Waals surface area contributed by atoms with E-state index < -0.39 is 11.7 Å². The lowest BCUT2D eigenvalue weighted by atomic mass is 9.82. The lowest BCUT2D eigenvalue weighted by Gasteiger charge is -2.44. The highest BCUT2D eigenvalue weighted by Crippen LogP contribution is 2.43. The van der Waals surface area contributed by atoms with Crippen LogP contribution in [0.15, 0.2) is 54.6 Å². The van der Waals surface area contributed by atoms with Crippen molar-refractivity contribution >= 4 is 17.6 Å². The molecule has 5 nitrogen and oxygen atoms in total. The van der Waals surface area contributed by atoms with E-state index in [1.165, 1.54) is 0 Å². The van der Waals surface area contributed by atoms with Gasteiger partial charge in [0.25, 0.3) is 0 Å². The molecular formula is C20H20N2O3. The van der Waals surface area contributed by atoms with Gasteiger partial charge in [-0.3, -0.25) is 15.0 Å². The standard InChI is InChI=1S/C20H20N2O3/c23-18(15-6-2-1-3-7-15)14-22-12-10-20(11-13-22)16-8-4-5-9-17(16)21-19(24)25-20/h1-9H,10-14H2,(H,21,24). The van der Waals surface area contributed by atoms with Crippen molar-refractivity contribution in [2.45, 2.75) is 18.4 Å². The molecule has 2 aliphatic heterocycles. The number of Topliss-reactive ketones (excluding diaryl/α,β-unsaturated/α-hetero) is 1. The van der Waals surface area contributed by atoms with E-state index in [0.717, 1.165) is 29.9 Å². The summed E-state index contributed by atoms with van der Waals surface area (Å²) < 4.78 is 5.72. The Bertz CT molecular complexity index is 796. The van der Waals surface area contributed by atoms with Crippen molar-refractivity contribution in [2.24, 2.45) is 0 Å². The molecule has 1 saturated heterocycles. The third-order valence-electron chi connectivity index (χ3n) is 5.07. The molecular weight excluding hydrogens is 316 g/mol. The lowest BCUT2D eigenvalue weighted by Crippen LogP contribution is -2.49. The maximum Gasteiger partial charge on any atom is 0.412 e. The molecule has 0 atom stereocenters. The molecule has 128 valence electrons. The molecule has 0 aromatic heterocycles. The Labute approximate surface area is 146 Å². The summed E-state index contributed by atoms with van der Waals surface area (Å²) >= 11 is 0. The van der Waals surface area contributed by atoms with Crippen molar-refractivity contribution in [3.63, 3.8) is 0 Å². The zero-order chi connectivity index (χ0) is 17.3. The van der Waals surface area contributed by atoms with Gasteiger partial charge in [-0.2, -0.15) is 0 Å². The van der Waals surface area contributed by atoms with Crippen LogP contribution in [0.3, 0.4) is 0 Å². The Morgan fingerprint density at radius 2 is 1.72 bits per heavy atom. The molecule has 0 aliphatic carbocycles. The number of ketones is 1. The quantitative estimate of drug-likeness (QED) is 0.873. The number of hydrogen-bond donors (Lipinski definition) is 1. The Morgan fingerprint density at radius 1 is 1.04 bits per heavy atom. The van der Waals surface area contributed by atoms with Gasteiger partial charge >= 0.3 is 6.09 Å². The number of amides is 1. The number of likely N-dealkylation sites (tertiary alicyclic amines) is 1. The summed E-state index contributed by atoms with van der Waals surface area (Å²) in [7, 11) is 0. The fourth-order valence-corrected chi connectivity index (χ4v) is 3.72. The van der Waals surface area contributed by atoms with E-state index in [9.17, 15) is 9.59 Å². The first-order valence-corrected chi connectivity index (χ1v) is 8.56. The maximum absolute atomic E-state index is 12.4. The molecule has 1 fully saturated rings. The highest BCUT2D eigenvalue weighted by Gasteiger charge is 2.44. The van der Waals surface area contributed by atoms with E-state index in [-0.39, 0.29) is 5.78 Å². The first kappa shape index (κ1) is 15.8. The number of para-hydroxylation sites is 1. The van der Waals surface area contributed by atoms with E-state index in [0.29, 0.717) is 19.4 Å². The Balaban J connectivity index is 1.47. The summed E-state index contributed by atoms with van der Waals surface area (Å²) in [5, 5.41) is 2.77. The molecule has 2 heterocycles. The van der Waals surface area contributed by atoms with Gasteiger partial charge in [0, 0.05) is 37.1 Å². The minimum atomic E-state index is -0.578. The van der Waals surface area contributed by atoms with Gasteiger partial charge in [-0.15, -0.1) is 0 Å². The molecule has 0 saturated carbocycles. The third-order valence-corrected chi connectivity index (χ3v) is 5.07. The van der Waals surface area contributed by atoms with E-state index in [2.05, 4.69) is 10.2 Å². The van der Waals surface area contributed by atoms with Crippen LogP contribution in [0.2, 0.25) is 0 Å². The number of nitrogens with one attached hydrogen (secondary N) is 1. The predicted octanol–water partition coefficient (Wildman–Crippen LogP) is 3.42. The lowest BCUT2D eigenvalue weighted by molar-refractivity contribution is -0.0366. The summed E-state index contributed by atoms with van der Waals surface area (Å²) in [6, 6.07) is 17.1. The summed E-state index contributed by atoms with van der Waals surface area (Å²) in [5.74, 6) is 0.124. The number of piperidine rings is 1. The summed E-state index contributed by atoms with van der Waals surface area (Å²) in [4.78, 5) is 26.5. The molecule has 1 spiro atoms. The second-order valence-corrected chi connectivity index (χ2v) is 6.62. The van der Waals surface area contributed by atoms with Gasteiger partial charge in [-0.25, -0.2) is 4.79 Å². The number of carbonyl (C=O) groups is 2. The molecule has 2 aliphatic rings. The van der Waals surface area contributed by atoms with Crippen LogP contribution in [-0.4, -0.2) is 36.4 Å². The predicted molar refractivity (Wildman–Crippen MR) is 94.7 cm³/mol. The molecule has 0 radical (unpaired) electrons. The van der Waals surface area contributed by atoms with Crippen molar-refractivity contribution in [1.82, 2.24) is 4.90 Å². The molecule has 2 aromatic carbocycles. The van der Waals surface area contributed by atoms with E-state index in [1.54, 1.807) is 0 Å². The fraction of sp³-hybridized carbons (Fsp3) is 0.300. The molecule has 0 bridgehead atoms. The van der Waals surface area contributed by atoms with Crippen LogP contribution in [0.4, 0.5) is 10.5 Å². The molecule has 4 rings (SSSR count). The van der Waals surface area contributed by atoms with Crippen molar-refractivity contribution in [1.29, 1.82) is 0 Å². The van der Waals surface area contributed by atoms with Crippen molar-refractivity contribution in [2.75, 3.05) is 25.0 Å². The van der Waals surface area contributed by atoms with E-state index in [4.69, 9.17) is 4.74 Å². The maximum atomic E-state index is 12.4. The smallest absolute Gasteiger partial charge is 0.412 e. The van der Waals surface area contributed by atoms with Gasteiger partial charge in [-0.05, 0) is 6.07 Å². The monoisotopic (exact) mass is 336 g/mol. The van der Waals surface area contributed by atoms with Gasteiger partial charge in [0.15, 0.2) is 5.78 Å². The molecule has 0 unspecified atom stereocenters. The number of rotatable bonds is 3. The molecule has 2 aromatic rings. The third kappa shape index (κ3) is 3.03. The Kier molecular flexibility index (Phi) is 4.01. The van der Waals surface area contributed by atoms with E-state index in [1.807, 2.05) is 54.6 Å². The molecule has 25 heavy (non-hydrogen) atoms. The number of ether oxygens (including phenoxy) is 1. The molecule has 1 amide bonds. The Hall–Kier alpha value is -2.66. The van der Waals surface area contributed by atoms with Crippen LogP contribution in [-0.2, 0) is 10.3 Å². The van der Waals surface area contributed by atoms with Crippen LogP contribution < -0.4 is 5.32 Å². The second-order valence-electron chi connectivity index (χ2n) is 6.62. The van der Waals surface area contributed by atoms with Gasteiger partial charge in [0.2, 0.25) is 0 Å². The molecule has 5 heteroatoms. The highest BCUT2D eigenvalue weighted by atomic mass is 16.6. The summed E-state index contributed by atoms with van der Waals surface area (Å²) in [5.41, 5.74) is 2.02. The van der Waals surface area contributed by atoms with Gasteiger partial charge in [-0.1, -0.05) is 48.5 Å². The minimum Gasteiger partial charge on any atom is -0.438 e. The zero-order valence-electron chi connectivity index (χ0n) is 13.9. The SMILES string of the molecule is O=C1Nc2ccccc2C2(CCN(CC(=O)c3ccccc3)CC2)O1. The van der Waals surface area contributed by atoms with Crippen LogP contribution in [0.5, 0.6) is 0 Å². The zero-order valence-corrected chi connectivity index (χ0v) is 13.9. The van der Waals surface area contributed by atoms with Crippen molar-refractivity contribution in [3.05, 3.63) is 65.7 Å². The first-order valence-electron chi connectivity index (χ1n) is 8.56. The van der Waals surface area contributed by atoms with Crippen LogP contribution >= 0.6 is 0 Å². The number of anilines is 1. The van der Waals surface area contributed by atoms with Crippen molar-refractivity contribution in [3.8, 4) is 0 Å². The largest absolute Gasteiger partial charge is 0.438 e. The number of fused-ring (bicyclic) bond motifs is 2. The molecule has 1 N–H and O–H groups in total. The minimum absolute atomic E-state index is 0.124. The topological polar surface area (TPSA) is 58.6 Å². The van der Waals surface area contributed by atoms with Crippen LogP contribution in [0.25, 0.3) is 0 Å². The average molecular weight is 336 g/mol. The first-order chi connectivity index (χ1) is 12.2. The van der Waals surface area contributed by atoms with Gasteiger partial charge in [0.05, 0.1) is 12.2 Å². The van der Waals surface area contributed by atoms with Crippen molar-refractivity contribution < 1.29 is 14.3 Å². The number of benzene rings is 2. The van der Waals surface area contributed by atoms with Gasteiger partial charge < -0.3 is 4.74 Å². The summed E-state index contributed by atoms with van der Waals surface area (Å²) in [6.45, 7) is 1.84. The highest BCUT2D eigenvalue weighted by molar-refractivity contribution is 5.97. The average Bonchev–Trinajstić information content (AvgIpc) is 2.64. The normalized spacial score (nSPS) is 19.0. The Morgan fingerprint density at radius 3 is 2.48 bits per heavy atom. The summed E-state index contributed by atoms with van der Waals surface area (Å²) in [6.07, 6.45) is 0.992. The second kappa shape index (κ2) is 6.33. The van der Waals surface area contributed by atoms with E-state index >= 15 is 0 Å². The fourth-order valence-electron chi connectivity index (χ4n) is 3.72. The van der Waals surface area contributed by atoms with Crippen LogP contribution in [0.1, 0.15) is 28.8 Å². The number of hydrogen-bond acceptors (Lipinski definition) is 4. The number of nitrogens with zero attached hydrogens (tertiary/aromatic N) is 1. The van der Waals surface area contributed by atoms with Crippen LogP contribution in [0, 0.1) is 0 Å². The number of carbonyl (C=O) groups excluding carboxylic acids is 2.